The fourth-order valence-electron chi connectivity index (χ4n) is 2.24. The average molecular weight is 308 g/mol. The Balaban J connectivity index is 1.67. The molecule has 0 fully saturated rings. The number of hydrogen-bond donors (Lipinski definition) is 2. The number of phenolic OH excluding ortho intramolecular Hbond substituents is 1. The molecule has 0 radical (unpaired) electrons. The van der Waals surface area contributed by atoms with Crippen molar-refractivity contribution in [3.05, 3.63) is 60.4 Å². The molecule has 3 rings (SSSR count). The van der Waals surface area contributed by atoms with Gasteiger partial charge in [-0.25, -0.2) is 10.4 Å². The molecule has 0 spiro atoms. The number of phenols is 1. The minimum Gasteiger partial charge on any atom is -0.508 e. The van der Waals surface area contributed by atoms with Crippen LogP contribution in [0.4, 0.5) is 0 Å². The van der Waals surface area contributed by atoms with Gasteiger partial charge in [-0.2, -0.15) is 5.10 Å². The monoisotopic (exact) mass is 308 g/mol. The topological polar surface area (TPSA) is 79.5 Å². The Hall–Kier alpha value is -3.15. The minimum absolute atomic E-state index is 0.146. The first-order chi connectivity index (χ1) is 11.1. The van der Waals surface area contributed by atoms with Crippen molar-refractivity contribution in [3.63, 3.8) is 0 Å². The Bertz CT molecular complexity index is 866. The van der Waals surface area contributed by atoms with Gasteiger partial charge in [0.25, 0.3) is 5.91 Å². The lowest BCUT2D eigenvalue weighted by Crippen LogP contribution is -2.24. The molecule has 0 aliphatic carbocycles. The quantitative estimate of drug-likeness (QED) is 0.573. The highest BCUT2D eigenvalue weighted by Crippen LogP contribution is 2.12. The molecular formula is C17H16N4O2. The van der Waals surface area contributed by atoms with Crippen LogP contribution in [0.5, 0.6) is 5.75 Å². The van der Waals surface area contributed by atoms with Crippen molar-refractivity contribution in [2.75, 3.05) is 0 Å². The highest BCUT2D eigenvalue weighted by Gasteiger charge is 2.06. The lowest BCUT2D eigenvalue weighted by Gasteiger charge is -2.05. The van der Waals surface area contributed by atoms with Crippen LogP contribution in [-0.2, 0) is 11.3 Å². The molecule has 0 saturated heterocycles. The van der Waals surface area contributed by atoms with Crippen LogP contribution in [-0.4, -0.2) is 26.3 Å². The van der Waals surface area contributed by atoms with Crippen LogP contribution in [0.15, 0.2) is 60.0 Å². The maximum Gasteiger partial charge on any atom is 0.260 e. The summed E-state index contributed by atoms with van der Waals surface area (Å²) in [6.45, 7) is 1.94. The number of imidazole rings is 1. The maximum atomic E-state index is 12.0. The van der Waals surface area contributed by atoms with Crippen LogP contribution in [0.25, 0.3) is 11.0 Å². The molecule has 0 saturated carbocycles. The van der Waals surface area contributed by atoms with Crippen LogP contribution >= 0.6 is 0 Å². The third-order valence-electron chi connectivity index (χ3n) is 3.47. The van der Waals surface area contributed by atoms with Crippen LogP contribution in [0.2, 0.25) is 0 Å². The third-order valence-corrected chi connectivity index (χ3v) is 3.47. The molecule has 6 nitrogen and oxygen atoms in total. The molecular weight excluding hydrogens is 292 g/mol. The second-order valence-corrected chi connectivity index (χ2v) is 5.14. The van der Waals surface area contributed by atoms with Crippen molar-refractivity contribution >= 4 is 22.7 Å². The number of hydrazone groups is 1. The highest BCUT2D eigenvalue weighted by molar-refractivity contribution is 5.99. The van der Waals surface area contributed by atoms with E-state index in [9.17, 15) is 9.90 Å². The summed E-state index contributed by atoms with van der Waals surface area (Å²) >= 11 is 0. The summed E-state index contributed by atoms with van der Waals surface area (Å²) in [5.74, 6) is -0.0381. The zero-order chi connectivity index (χ0) is 16.2. The van der Waals surface area contributed by atoms with E-state index in [0.717, 1.165) is 16.6 Å². The van der Waals surface area contributed by atoms with Gasteiger partial charge < -0.3 is 9.67 Å². The Kier molecular flexibility index (Phi) is 4.05. The molecule has 3 aromatic rings. The Morgan fingerprint density at radius 1 is 1.22 bits per heavy atom. The number of benzene rings is 2. The van der Waals surface area contributed by atoms with Crippen LogP contribution in [0.3, 0.4) is 0 Å². The van der Waals surface area contributed by atoms with Gasteiger partial charge in [0.2, 0.25) is 0 Å². The first-order valence-corrected chi connectivity index (χ1v) is 7.16. The number of carbonyl (C=O) groups is 1. The van der Waals surface area contributed by atoms with Crippen molar-refractivity contribution in [2.24, 2.45) is 5.10 Å². The molecule has 1 heterocycles. The Morgan fingerprint density at radius 3 is 2.74 bits per heavy atom. The number of nitrogens with one attached hydrogen (secondary N) is 1. The first kappa shape index (κ1) is 14.8. The van der Waals surface area contributed by atoms with Crippen molar-refractivity contribution in [1.29, 1.82) is 0 Å². The standard InChI is InChI=1S/C17H16N4O2/c1-12(13-6-8-14(22)9-7-13)19-20-17(23)10-21-11-18-15-4-2-3-5-16(15)21/h2-9,11,22H,10H2,1H3,(H,20,23). The number of carbonyl (C=O) groups excluding carboxylic acids is 1. The zero-order valence-electron chi connectivity index (χ0n) is 12.6. The summed E-state index contributed by atoms with van der Waals surface area (Å²) in [5, 5.41) is 13.4. The van der Waals surface area contributed by atoms with Gasteiger partial charge in [-0.05, 0) is 48.9 Å². The lowest BCUT2D eigenvalue weighted by molar-refractivity contribution is -0.121. The molecule has 6 heteroatoms. The van der Waals surface area contributed by atoms with E-state index in [1.807, 2.05) is 24.3 Å². The van der Waals surface area contributed by atoms with E-state index < -0.39 is 0 Å². The molecule has 2 N–H and O–H groups in total. The number of aromatic hydroxyl groups is 1. The van der Waals surface area contributed by atoms with E-state index in [1.54, 1.807) is 42.1 Å². The third kappa shape index (κ3) is 3.37. The summed E-state index contributed by atoms with van der Waals surface area (Å²) in [7, 11) is 0. The number of para-hydroxylation sites is 2. The molecule has 0 atom stereocenters. The molecule has 1 aromatic heterocycles. The molecule has 23 heavy (non-hydrogen) atoms. The van der Waals surface area contributed by atoms with Gasteiger partial charge in [0.15, 0.2) is 0 Å². The largest absolute Gasteiger partial charge is 0.508 e. The molecule has 0 aliphatic rings. The molecule has 0 bridgehead atoms. The van der Waals surface area contributed by atoms with E-state index in [0.29, 0.717) is 5.71 Å². The Labute approximate surface area is 133 Å². The van der Waals surface area contributed by atoms with Crippen molar-refractivity contribution in [1.82, 2.24) is 15.0 Å². The van der Waals surface area contributed by atoms with Gasteiger partial charge in [-0.15, -0.1) is 0 Å². The van der Waals surface area contributed by atoms with E-state index in [-0.39, 0.29) is 18.2 Å². The number of nitrogens with zero attached hydrogens (tertiary/aromatic N) is 3. The number of fused-ring (bicyclic) bond motifs is 1. The zero-order valence-corrected chi connectivity index (χ0v) is 12.6. The van der Waals surface area contributed by atoms with E-state index >= 15 is 0 Å². The fourth-order valence-corrected chi connectivity index (χ4v) is 2.24. The van der Waals surface area contributed by atoms with Crippen LogP contribution in [0, 0.1) is 0 Å². The SMILES string of the molecule is CC(=NNC(=O)Cn1cnc2ccccc21)c1ccc(O)cc1. The smallest absolute Gasteiger partial charge is 0.260 e. The molecule has 2 aromatic carbocycles. The molecule has 1 amide bonds. The highest BCUT2D eigenvalue weighted by atomic mass is 16.3. The van der Waals surface area contributed by atoms with Crippen molar-refractivity contribution < 1.29 is 9.90 Å². The molecule has 0 aliphatic heterocycles. The van der Waals surface area contributed by atoms with Crippen molar-refractivity contribution in [2.45, 2.75) is 13.5 Å². The summed E-state index contributed by atoms with van der Waals surface area (Å²) in [6.07, 6.45) is 1.64. The minimum atomic E-state index is -0.230. The second-order valence-electron chi connectivity index (χ2n) is 5.14. The van der Waals surface area contributed by atoms with E-state index in [2.05, 4.69) is 15.5 Å². The summed E-state index contributed by atoms with van der Waals surface area (Å²) in [4.78, 5) is 16.3. The fraction of sp³-hybridized carbons (Fsp3) is 0.118. The number of hydrogen-bond acceptors (Lipinski definition) is 4. The van der Waals surface area contributed by atoms with Gasteiger partial charge >= 0.3 is 0 Å². The van der Waals surface area contributed by atoms with Gasteiger partial charge in [0, 0.05) is 0 Å². The number of rotatable bonds is 4. The molecule has 0 unspecified atom stereocenters. The summed E-state index contributed by atoms with van der Waals surface area (Å²) in [6, 6.07) is 14.3. The van der Waals surface area contributed by atoms with Gasteiger partial charge in [-0.3, -0.25) is 4.79 Å². The van der Waals surface area contributed by atoms with E-state index in [1.165, 1.54) is 0 Å². The van der Waals surface area contributed by atoms with Crippen LogP contribution in [0.1, 0.15) is 12.5 Å². The second kappa shape index (κ2) is 6.31. The number of aromatic nitrogens is 2. The Morgan fingerprint density at radius 2 is 1.96 bits per heavy atom. The van der Waals surface area contributed by atoms with Gasteiger partial charge in [0.05, 0.1) is 23.1 Å². The van der Waals surface area contributed by atoms with Crippen LogP contribution < -0.4 is 5.43 Å². The summed E-state index contributed by atoms with van der Waals surface area (Å²) in [5.41, 5.74) is 5.78. The van der Waals surface area contributed by atoms with Crippen molar-refractivity contribution in [3.8, 4) is 5.75 Å². The van der Waals surface area contributed by atoms with Gasteiger partial charge in [-0.1, -0.05) is 12.1 Å². The van der Waals surface area contributed by atoms with Gasteiger partial charge in [0.1, 0.15) is 12.3 Å². The predicted octanol–water partition coefficient (Wildman–Crippen LogP) is 2.28. The predicted molar refractivity (Wildman–Crippen MR) is 88.2 cm³/mol. The number of amides is 1. The lowest BCUT2D eigenvalue weighted by atomic mass is 10.1. The normalized spacial score (nSPS) is 11.6. The summed E-state index contributed by atoms with van der Waals surface area (Å²) < 4.78 is 1.77. The maximum absolute atomic E-state index is 12.0. The molecule has 116 valence electrons. The first-order valence-electron chi connectivity index (χ1n) is 7.16. The van der Waals surface area contributed by atoms with E-state index in [4.69, 9.17) is 0 Å². The average Bonchev–Trinajstić information content (AvgIpc) is 2.96.